The lowest BCUT2D eigenvalue weighted by Crippen LogP contribution is -2.40. The van der Waals surface area contributed by atoms with Gasteiger partial charge in [0.2, 0.25) is 5.91 Å². The monoisotopic (exact) mass is 414 g/mol. The van der Waals surface area contributed by atoms with Gasteiger partial charge in [-0.2, -0.15) is 0 Å². The van der Waals surface area contributed by atoms with Gasteiger partial charge in [-0.05, 0) is 19.8 Å². The summed E-state index contributed by atoms with van der Waals surface area (Å²) in [4.78, 5) is 30.3. The maximum atomic E-state index is 14.1. The maximum absolute atomic E-state index is 14.1. The quantitative estimate of drug-likeness (QED) is 0.513. The predicted octanol–water partition coefficient (Wildman–Crippen LogP) is 4.58. The van der Waals surface area contributed by atoms with E-state index in [-0.39, 0.29) is 34.8 Å². The van der Waals surface area contributed by atoms with Crippen molar-refractivity contribution in [2.24, 2.45) is 5.92 Å². The molecule has 1 aromatic carbocycles. The molecule has 9 heteroatoms. The van der Waals surface area contributed by atoms with Crippen LogP contribution in [0.5, 0.6) is 0 Å². The van der Waals surface area contributed by atoms with Gasteiger partial charge in [0.15, 0.2) is 16.8 Å². The number of thiazole rings is 1. The van der Waals surface area contributed by atoms with Gasteiger partial charge in [-0.15, -0.1) is 0 Å². The molecule has 1 unspecified atom stereocenters. The number of halogens is 3. The molecule has 0 bridgehead atoms. The highest BCUT2D eigenvalue weighted by molar-refractivity contribution is 7.22. The standard InChI is InChI=1S/C19H21F3N2O3S/c1-3-27-18(26)10(2)8-14(25)24(11-6-4-5-7-11)19-23-16-15(22)12(20)9-13(21)17(16)28-19/h9-11H,3-8H2,1-2H3. The van der Waals surface area contributed by atoms with Crippen molar-refractivity contribution in [1.29, 1.82) is 0 Å². The van der Waals surface area contributed by atoms with Crippen molar-refractivity contribution in [1.82, 2.24) is 4.98 Å². The van der Waals surface area contributed by atoms with Crippen LogP contribution in [0.3, 0.4) is 0 Å². The van der Waals surface area contributed by atoms with Crippen LogP contribution in [0.4, 0.5) is 18.3 Å². The van der Waals surface area contributed by atoms with Gasteiger partial charge < -0.3 is 4.74 Å². The number of hydrogen-bond donors (Lipinski definition) is 0. The number of fused-ring (bicyclic) bond motifs is 1. The fourth-order valence-corrected chi connectivity index (χ4v) is 4.49. The van der Waals surface area contributed by atoms with Crippen molar-refractivity contribution >= 4 is 38.6 Å². The first-order valence-electron chi connectivity index (χ1n) is 9.26. The Morgan fingerprint density at radius 1 is 1.29 bits per heavy atom. The first-order valence-corrected chi connectivity index (χ1v) is 10.1. The van der Waals surface area contributed by atoms with E-state index >= 15 is 0 Å². The minimum atomic E-state index is -1.32. The number of carbonyl (C=O) groups excluding carboxylic acids is 2. The van der Waals surface area contributed by atoms with Crippen LogP contribution in [0.2, 0.25) is 0 Å². The summed E-state index contributed by atoms with van der Waals surface area (Å²) in [5.74, 6) is -4.99. The average molecular weight is 414 g/mol. The van der Waals surface area contributed by atoms with Crippen LogP contribution in [0, 0.1) is 23.4 Å². The van der Waals surface area contributed by atoms with Crippen molar-refractivity contribution in [3.05, 3.63) is 23.5 Å². The van der Waals surface area contributed by atoms with Crippen molar-refractivity contribution in [3.8, 4) is 0 Å². The molecule has 1 atom stereocenters. The second-order valence-electron chi connectivity index (χ2n) is 6.89. The second kappa shape index (κ2) is 8.46. The van der Waals surface area contributed by atoms with Crippen molar-refractivity contribution in [2.75, 3.05) is 11.5 Å². The fraction of sp³-hybridized carbons (Fsp3) is 0.526. The van der Waals surface area contributed by atoms with Gasteiger partial charge in [-0.25, -0.2) is 18.2 Å². The van der Waals surface area contributed by atoms with Gasteiger partial charge in [0, 0.05) is 18.5 Å². The molecule has 0 radical (unpaired) electrons. The molecule has 152 valence electrons. The highest BCUT2D eigenvalue weighted by atomic mass is 32.1. The third-order valence-corrected chi connectivity index (χ3v) is 5.90. The number of rotatable bonds is 6. The van der Waals surface area contributed by atoms with E-state index < -0.39 is 34.9 Å². The van der Waals surface area contributed by atoms with E-state index in [2.05, 4.69) is 4.98 Å². The summed E-state index contributed by atoms with van der Waals surface area (Å²) in [5, 5.41) is 0.117. The molecule has 1 fully saturated rings. The van der Waals surface area contributed by atoms with E-state index in [0.29, 0.717) is 6.07 Å². The topological polar surface area (TPSA) is 59.5 Å². The SMILES string of the molecule is CCOC(=O)C(C)CC(=O)N(c1nc2c(F)c(F)cc(F)c2s1)C1CCCC1. The number of anilines is 1. The smallest absolute Gasteiger partial charge is 0.309 e. The molecule has 1 aromatic heterocycles. The summed E-state index contributed by atoms with van der Waals surface area (Å²) in [7, 11) is 0. The lowest BCUT2D eigenvalue weighted by molar-refractivity contribution is -0.148. The number of hydrogen-bond acceptors (Lipinski definition) is 5. The fourth-order valence-electron chi connectivity index (χ4n) is 3.43. The largest absolute Gasteiger partial charge is 0.466 e. The van der Waals surface area contributed by atoms with E-state index in [1.54, 1.807) is 13.8 Å². The van der Waals surface area contributed by atoms with Crippen molar-refractivity contribution in [3.63, 3.8) is 0 Å². The van der Waals surface area contributed by atoms with Gasteiger partial charge in [0.1, 0.15) is 11.3 Å². The number of ether oxygens (including phenoxy) is 1. The minimum absolute atomic E-state index is 0.107. The van der Waals surface area contributed by atoms with Crippen LogP contribution in [-0.2, 0) is 14.3 Å². The summed E-state index contributed by atoms with van der Waals surface area (Å²) >= 11 is 0.812. The van der Waals surface area contributed by atoms with E-state index in [1.807, 2.05) is 0 Å². The van der Waals surface area contributed by atoms with Crippen LogP contribution < -0.4 is 4.90 Å². The molecule has 1 saturated carbocycles. The molecule has 1 aliphatic carbocycles. The van der Waals surface area contributed by atoms with Gasteiger partial charge in [0.25, 0.3) is 0 Å². The Kier molecular flexibility index (Phi) is 6.22. The van der Waals surface area contributed by atoms with E-state index in [1.165, 1.54) is 4.90 Å². The van der Waals surface area contributed by atoms with Gasteiger partial charge >= 0.3 is 5.97 Å². The molecular formula is C19H21F3N2O3S. The van der Waals surface area contributed by atoms with Crippen molar-refractivity contribution < 1.29 is 27.5 Å². The third-order valence-electron chi connectivity index (χ3n) is 4.84. The summed E-state index contributed by atoms with van der Waals surface area (Å²) in [6.45, 7) is 3.49. The summed E-state index contributed by atoms with van der Waals surface area (Å²) in [5.41, 5.74) is -0.424. The molecule has 0 saturated heterocycles. The normalized spacial score (nSPS) is 15.8. The van der Waals surface area contributed by atoms with Crippen LogP contribution in [-0.4, -0.2) is 29.5 Å². The van der Waals surface area contributed by atoms with E-state index in [9.17, 15) is 22.8 Å². The average Bonchev–Trinajstić information content (AvgIpc) is 3.31. The Morgan fingerprint density at radius 2 is 1.96 bits per heavy atom. The number of benzene rings is 1. The third kappa shape index (κ3) is 3.99. The molecule has 0 N–H and O–H groups in total. The van der Waals surface area contributed by atoms with Gasteiger partial charge in [-0.3, -0.25) is 14.5 Å². The molecule has 0 aliphatic heterocycles. The molecule has 5 nitrogen and oxygen atoms in total. The predicted molar refractivity (Wildman–Crippen MR) is 99.7 cm³/mol. The molecule has 3 rings (SSSR count). The minimum Gasteiger partial charge on any atom is -0.466 e. The second-order valence-corrected chi connectivity index (χ2v) is 7.87. The highest BCUT2D eigenvalue weighted by Crippen LogP contribution is 2.37. The zero-order valence-electron chi connectivity index (χ0n) is 15.6. The van der Waals surface area contributed by atoms with Crippen LogP contribution in [0.15, 0.2) is 6.07 Å². The molecule has 2 aromatic rings. The van der Waals surface area contributed by atoms with Gasteiger partial charge in [-0.1, -0.05) is 31.1 Å². The summed E-state index contributed by atoms with van der Waals surface area (Å²) in [6, 6.07) is 0.308. The Morgan fingerprint density at radius 3 is 2.61 bits per heavy atom. The lowest BCUT2D eigenvalue weighted by Gasteiger charge is -2.27. The Hall–Kier alpha value is -2.16. The summed E-state index contributed by atoms with van der Waals surface area (Å²) in [6.07, 6.45) is 3.20. The molecular weight excluding hydrogens is 393 g/mol. The van der Waals surface area contributed by atoms with E-state index in [4.69, 9.17) is 4.74 Å². The molecule has 1 heterocycles. The zero-order chi connectivity index (χ0) is 20.4. The number of nitrogens with zero attached hydrogens (tertiary/aromatic N) is 2. The molecule has 28 heavy (non-hydrogen) atoms. The number of aromatic nitrogens is 1. The zero-order valence-corrected chi connectivity index (χ0v) is 16.5. The Balaban J connectivity index is 1.95. The van der Waals surface area contributed by atoms with Crippen LogP contribution in [0.25, 0.3) is 10.2 Å². The van der Waals surface area contributed by atoms with Crippen LogP contribution >= 0.6 is 11.3 Å². The number of esters is 1. The molecule has 1 aliphatic rings. The van der Waals surface area contributed by atoms with E-state index in [0.717, 1.165) is 37.0 Å². The van der Waals surface area contributed by atoms with Crippen LogP contribution in [0.1, 0.15) is 46.0 Å². The Bertz CT molecular complexity index is 896. The molecule has 0 spiro atoms. The molecule has 1 amide bonds. The first-order chi connectivity index (χ1) is 13.3. The summed E-state index contributed by atoms with van der Waals surface area (Å²) < 4.78 is 46.5. The van der Waals surface area contributed by atoms with Gasteiger partial charge in [0.05, 0.1) is 17.2 Å². The number of carbonyl (C=O) groups is 2. The van der Waals surface area contributed by atoms with Crippen molar-refractivity contribution in [2.45, 2.75) is 52.0 Å². The number of amides is 1. The maximum Gasteiger partial charge on any atom is 0.309 e. The highest BCUT2D eigenvalue weighted by Gasteiger charge is 2.33. The Labute approximate surface area is 164 Å². The lowest BCUT2D eigenvalue weighted by atomic mass is 10.1. The first kappa shape index (κ1) is 20.6.